The zero-order valence-electron chi connectivity index (χ0n) is 18.0. The molecule has 1 fully saturated rings. The van der Waals surface area contributed by atoms with Gasteiger partial charge in [-0.05, 0) is 55.7 Å². The van der Waals surface area contributed by atoms with E-state index in [0.717, 1.165) is 37.1 Å². The first-order valence-corrected chi connectivity index (χ1v) is 10.2. The number of amides is 1. The van der Waals surface area contributed by atoms with Gasteiger partial charge in [-0.2, -0.15) is 0 Å². The summed E-state index contributed by atoms with van der Waals surface area (Å²) in [7, 11) is 0. The van der Waals surface area contributed by atoms with Gasteiger partial charge in [-0.25, -0.2) is 9.78 Å². The van der Waals surface area contributed by atoms with Crippen molar-refractivity contribution in [3.05, 3.63) is 45.9 Å². The number of hydrogen-bond acceptors (Lipinski definition) is 4. The lowest BCUT2D eigenvalue weighted by Crippen LogP contribution is -2.56. The molecule has 2 atom stereocenters. The van der Waals surface area contributed by atoms with Gasteiger partial charge in [-0.15, -0.1) is 0 Å². The predicted octanol–water partition coefficient (Wildman–Crippen LogP) is 3.68. The average molecular weight is 391 g/mol. The van der Waals surface area contributed by atoms with Crippen LogP contribution < -0.4 is 5.56 Å². The van der Waals surface area contributed by atoms with E-state index in [-0.39, 0.29) is 17.7 Å². The molecular weight excluding hydrogens is 356 g/mol. The second-order valence-corrected chi connectivity index (χ2v) is 8.51. The lowest BCUT2D eigenvalue weighted by molar-refractivity contribution is -0.378. The highest BCUT2D eigenvalue weighted by Crippen LogP contribution is 2.28. The largest absolute Gasteiger partial charge is 0.315 e. The molecule has 0 spiro atoms. The number of hydrogen-bond donors (Lipinski definition) is 0. The molecule has 3 aliphatic rings. The standard InChI is InChI=1S/C11H17NO3.C11H17NO/c1-7(2)4-5-12-10(13)9-6-8(3)11(12)15-14-9;1-9(2)6-7-12-8-10(3)4-5-11(12)13/h6-7,9,11H,4-5H2,1-3H3;4-5,8-9H,6-7H2,1-3H3. The molecule has 0 aliphatic carbocycles. The molecule has 1 saturated heterocycles. The molecular formula is C22H34N2O4. The van der Waals surface area contributed by atoms with Gasteiger partial charge in [0.25, 0.3) is 11.5 Å². The third kappa shape index (κ3) is 6.04. The van der Waals surface area contributed by atoms with E-state index in [4.69, 9.17) is 9.78 Å². The normalized spacial score (nSPS) is 21.1. The maximum atomic E-state index is 11.8. The van der Waals surface area contributed by atoms with Crippen molar-refractivity contribution in [2.24, 2.45) is 11.8 Å². The third-order valence-electron chi connectivity index (χ3n) is 4.89. The summed E-state index contributed by atoms with van der Waals surface area (Å²) in [5.74, 6) is 1.26. The van der Waals surface area contributed by atoms with Gasteiger partial charge in [0.1, 0.15) is 0 Å². The van der Waals surface area contributed by atoms with Crippen LogP contribution in [0.25, 0.3) is 0 Å². The maximum Gasteiger partial charge on any atom is 0.261 e. The number of fused-ring (bicyclic) bond motifs is 2. The van der Waals surface area contributed by atoms with E-state index in [1.807, 2.05) is 32.2 Å². The summed E-state index contributed by atoms with van der Waals surface area (Å²) in [5.41, 5.74) is 2.31. The van der Waals surface area contributed by atoms with Gasteiger partial charge in [-0.1, -0.05) is 33.8 Å². The SMILES string of the molecule is CC1=CC2OOC1N(CCC(C)C)C2=O.Cc1ccc(=O)n(CCC(C)C)c1. The number of rotatable bonds is 6. The number of carbonyl (C=O) groups excluding carboxylic acids is 1. The zero-order chi connectivity index (χ0) is 20.8. The molecule has 6 nitrogen and oxygen atoms in total. The molecule has 1 aromatic rings. The summed E-state index contributed by atoms with van der Waals surface area (Å²) in [4.78, 5) is 35.0. The van der Waals surface area contributed by atoms with Gasteiger partial charge < -0.3 is 9.47 Å². The highest BCUT2D eigenvalue weighted by atomic mass is 17.2. The van der Waals surface area contributed by atoms with Crippen LogP contribution in [0.3, 0.4) is 0 Å². The molecule has 0 saturated carbocycles. The summed E-state index contributed by atoms with van der Waals surface area (Å²) >= 11 is 0. The summed E-state index contributed by atoms with van der Waals surface area (Å²) < 4.78 is 1.79. The van der Waals surface area contributed by atoms with Crippen LogP contribution in [0.2, 0.25) is 0 Å². The zero-order valence-corrected chi connectivity index (χ0v) is 18.0. The fourth-order valence-corrected chi connectivity index (χ4v) is 3.07. The molecule has 4 heterocycles. The highest BCUT2D eigenvalue weighted by molar-refractivity contribution is 5.85. The monoisotopic (exact) mass is 390 g/mol. The molecule has 2 bridgehead atoms. The lowest BCUT2D eigenvalue weighted by Gasteiger charge is -2.41. The summed E-state index contributed by atoms with van der Waals surface area (Å²) in [5, 5.41) is 0. The molecule has 2 unspecified atom stereocenters. The number of aromatic nitrogens is 1. The molecule has 28 heavy (non-hydrogen) atoms. The quantitative estimate of drug-likeness (QED) is 0.549. The van der Waals surface area contributed by atoms with E-state index in [1.165, 1.54) is 0 Å². The van der Waals surface area contributed by atoms with Crippen LogP contribution in [0.15, 0.2) is 34.8 Å². The number of carbonyl (C=O) groups is 1. The Kier molecular flexibility index (Phi) is 8.01. The van der Waals surface area contributed by atoms with Crippen molar-refractivity contribution in [1.29, 1.82) is 0 Å². The van der Waals surface area contributed by atoms with Gasteiger partial charge in [-0.3, -0.25) is 9.59 Å². The molecule has 3 aliphatic heterocycles. The van der Waals surface area contributed by atoms with Crippen LogP contribution in [0.1, 0.15) is 53.0 Å². The smallest absolute Gasteiger partial charge is 0.261 e. The van der Waals surface area contributed by atoms with Crippen molar-refractivity contribution < 1.29 is 14.6 Å². The van der Waals surface area contributed by atoms with Crippen LogP contribution in [0.4, 0.5) is 0 Å². The lowest BCUT2D eigenvalue weighted by atomic mass is 10.0. The van der Waals surface area contributed by atoms with Crippen molar-refractivity contribution in [1.82, 2.24) is 9.47 Å². The first kappa shape index (κ1) is 22.4. The minimum atomic E-state index is -0.526. The molecule has 0 radical (unpaired) electrons. The van der Waals surface area contributed by atoms with Crippen molar-refractivity contribution in [2.75, 3.05) is 6.54 Å². The second-order valence-electron chi connectivity index (χ2n) is 8.51. The fourth-order valence-electron chi connectivity index (χ4n) is 3.07. The van der Waals surface area contributed by atoms with Crippen LogP contribution in [-0.2, 0) is 21.1 Å². The Hall–Kier alpha value is -1.92. The van der Waals surface area contributed by atoms with Gasteiger partial charge in [0.15, 0.2) is 12.3 Å². The van der Waals surface area contributed by atoms with Crippen molar-refractivity contribution >= 4 is 5.91 Å². The number of aryl methyl sites for hydroxylation is 2. The van der Waals surface area contributed by atoms with Gasteiger partial charge >= 0.3 is 0 Å². The maximum absolute atomic E-state index is 11.8. The molecule has 6 heteroatoms. The van der Waals surface area contributed by atoms with Crippen LogP contribution in [-0.4, -0.2) is 34.3 Å². The van der Waals surface area contributed by atoms with Gasteiger partial charge in [0.05, 0.1) is 0 Å². The van der Waals surface area contributed by atoms with Crippen LogP contribution in [0.5, 0.6) is 0 Å². The highest BCUT2D eigenvalue weighted by Gasteiger charge is 2.42. The van der Waals surface area contributed by atoms with Gasteiger partial charge in [0, 0.05) is 25.4 Å². The Labute approximate surface area is 168 Å². The van der Waals surface area contributed by atoms with Crippen LogP contribution in [0, 0.1) is 18.8 Å². The molecule has 4 rings (SSSR count). The molecule has 0 aromatic carbocycles. The third-order valence-corrected chi connectivity index (χ3v) is 4.89. The van der Waals surface area contributed by atoms with E-state index < -0.39 is 6.10 Å². The molecule has 1 aromatic heterocycles. The Morgan fingerprint density at radius 3 is 2.21 bits per heavy atom. The molecule has 156 valence electrons. The molecule has 0 N–H and O–H groups in total. The Morgan fingerprint density at radius 1 is 0.964 bits per heavy atom. The summed E-state index contributed by atoms with van der Waals surface area (Å²) in [6.07, 6.45) is 4.98. The minimum Gasteiger partial charge on any atom is -0.315 e. The Morgan fingerprint density at radius 2 is 1.61 bits per heavy atom. The predicted molar refractivity (Wildman–Crippen MR) is 110 cm³/mol. The van der Waals surface area contributed by atoms with Gasteiger partial charge in [0.2, 0.25) is 0 Å². The topological polar surface area (TPSA) is 60.8 Å². The van der Waals surface area contributed by atoms with Crippen molar-refractivity contribution in [3.8, 4) is 0 Å². The fraction of sp³-hybridized carbons (Fsp3) is 0.636. The van der Waals surface area contributed by atoms with E-state index >= 15 is 0 Å². The van der Waals surface area contributed by atoms with E-state index in [0.29, 0.717) is 11.8 Å². The number of pyridine rings is 1. The van der Waals surface area contributed by atoms with Crippen LogP contribution >= 0.6 is 0 Å². The number of nitrogens with zero attached hydrogens (tertiary/aromatic N) is 2. The average Bonchev–Trinajstić information content (AvgIpc) is 2.63. The first-order valence-electron chi connectivity index (χ1n) is 10.2. The summed E-state index contributed by atoms with van der Waals surface area (Å²) in [6.45, 7) is 14.2. The minimum absolute atomic E-state index is 0.0255. The van der Waals surface area contributed by atoms with E-state index in [1.54, 1.807) is 15.5 Å². The Bertz CT molecular complexity index is 751. The van der Waals surface area contributed by atoms with Crippen molar-refractivity contribution in [2.45, 2.75) is 73.3 Å². The molecule has 1 amide bonds. The Balaban J connectivity index is 0.000000203. The first-order chi connectivity index (χ1) is 13.2. The second kappa shape index (κ2) is 10.0. The van der Waals surface area contributed by atoms with E-state index in [9.17, 15) is 9.59 Å². The van der Waals surface area contributed by atoms with Crippen molar-refractivity contribution in [3.63, 3.8) is 0 Å². The summed E-state index contributed by atoms with van der Waals surface area (Å²) in [6, 6.07) is 3.49. The van der Waals surface area contributed by atoms with E-state index in [2.05, 4.69) is 27.7 Å².